The minimum atomic E-state index is -0.859. The molecule has 1 aromatic heterocycles. The molecule has 0 fully saturated rings. The smallest absolute Gasteiger partial charge is 0.250 e. The summed E-state index contributed by atoms with van der Waals surface area (Å²) in [4.78, 5) is 19.8. The summed E-state index contributed by atoms with van der Waals surface area (Å²) in [6.07, 6.45) is 2.86. The zero-order valence-corrected chi connectivity index (χ0v) is 11.2. The van der Waals surface area contributed by atoms with Crippen LogP contribution in [0.5, 0.6) is 5.75 Å². The van der Waals surface area contributed by atoms with Crippen molar-refractivity contribution in [1.82, 2.24) is 9.97 Å². The Morgan fingerprint density at radius 1 is 1.23 bits per heavy atom. The normalized spacial score (nSPS) is 10.8. The van der Waals surface area contributed by atoms with Crippen molar-refractivity contribution < 1.29 is 14.3 Å². The van der Waals surface area contributed by atoms with Crippen LogP contribution in [0.3, 0.4) is 0 Å². The van der Waals surface area contributed by atoms with Gasteiger partial charge in [0, 0.05) is 23.5 Å². The minimum Gasteiger partial charge on any atom is -0.505 e. The first-order chi connectivity index (χ1) is 10.5. The number of carbonyl (C=O) groups is 1. The molecule has 0 aliphatic carbocycles. The van der Waals surface area contributed by atoms with E-state index in [9.17, 15) is 14.3 Å². The van der Waals surface area contributed by atoms with E-state index >= 15 is 0 Å². The van der Waals surface area contributed by atoms with Gasteiger partial charge in [0.1, 0.15) is 0 Å². The summed E-state index contributed by atoms with van der Waals surface area (Å²) in [6, 6.07) is 5.51. The fourth-order valence-electron chi connectivity index (χ4n) is 2.31. The number of anilines is 1. The molecule has 110 valence electrons. The summed E-state index contributed by atoms with van der Waals surface area (Å²) in [6.45, 7) is 0. The van der Waals surface area contributed by atoms with E-state index in [1.54, 1.807) is 0 Å². The first kappa shape index (κ1) is 13.7. The van der Waals surface area contributed by atoms with Gasteiger partial charge < -0.3 is 16.6 Å². The zero-order valence-electron chi connectivity index (χ0n) is 11.2. The summed E-state index contributed by atoms with van der Waals surface area (Å²) < 4.78 is 14.3. The lowest BCUT2D eigenvalue weighted by Crippen LogP contribution is -2.14. The number of nitrogens with two attached hydrogens (primary N) is 2. The molecule has 0 radical (unpaired) electrons. The van der Waals surface area contributed by atoms with Crippen molar-refractivity contribution in [3.63, 3.8) is 0 Å². The van der Waals surface area contributed by atoms with Gasteiger partial charge in [-0.25, -0.2) is 4.39 Å². The highest BCUT2D eigenvalue weighted by Crippen LogP contribution is 2.38. The summed E-state index contributed by atoms with van der Waals surface area (Å²) >= 11 is 0. The average molecular weight is 298 g/mol. The van der Waals surface area contributed by atoms with Crippen LogP contribution in [0.2, 0.25) is 0 Å². The van der Waals surface area contributed by atoms with Crippen molar-refractivity contribution in [2.45, 2.75) is 0 Å². The SMILES string of the molecule is NC(=O)c1cc2nccnc2c(-c2cccc(O)c2F)c1N. The number of nitrogens with zero attached hydrogens (tertiary/aromatic N) is 2. The third-order valence-corrected chi connectivity index (χ3v) is 3.32. The summed E-state index contributed by atoms with van der Waals surface area (Å²) in [5.74, 6) is -2.15. The standard InChI is InChI=1S/C15H11FN4O2/c16-12-7(2-1-3-10(12)21)11-13(17)8(15(18)22)6-9-14(11)20-5-4-19-9/h1-6,21H,17H2,(H2,18,22). The highest BCUT2D eigenvalue weighted by atomic mass is 19.1. The number of halogens is 1. The maximum absolute atomic E-state index is 14.3. The van der Waals surface area contributed by atoms with Crippen molar-refractivity contribution in [3.05, 3.63) is 48.0 Å². The number of primary amides is 1. The number of aromatic nitrogens is 2. The number of carbonyl (C=O) groups excluding carboxylic acids is 1. The van der Waals surface area contributed by atoms with Crippen LogP contribution in [0.25, 0.3) is 22.2 Å². The average Bonchev–Trinajstić information content (AvgIpc) is 2.50. The highest BCUT2D eigenvalue weighted by molar-refractivity contribution is 6.09. The van der Waals surface area contributed by atoms with Crippen molar-refractivity contribution in [3.8, 4) is 16.9 Å². The molecule has 2 aromatic carbocycles. The molecule has 5 N–H and O–H groups in total. The molecule has 0 saturated heterocycles. The molecule has 3 aromatic rings. The second-order valence-electron chi connectivity index (χ2n) is 4.64. The molecule has 1 heterocycles. The van der Waals surface area contributed by atoms with E-state index < -0.39 is 17.5 Å². The Kier molecular flexibility index (Phi) is 3.10. The molecular weight excluding hydrogens is 287 g/mol. The Morgan fingerprint density at radius 2 is 1.95 bits per heavy atom. The van der Waals surface area contributed by atoms with Crippen molar-refractivity contribution >= 4 is 22.6 Å². The van der Waals surface area contributed by atoms with Gasteiger partial charge in [-0.2, -0.15) is 0 Å². The molecule has 6 nitrogen and oxygen atoms in total. The number of phenols is 1. The molecule has 0 unspecified atom stereocenters. The van der Waals surface area contributed by atoms with Gasteiger partial charge in [0.05, 0.1) is 22.3 Å². The first-order valence-corrected chi connectivity index (χ1v) is 6.31. The number of aromatic hydroxyl groups is 1. The van der Waals surface area contributed by atoms with Gasteiger partial charge in [0.2, 0.25) is 0 Å². The Hall–Kier alpha value is -3.22. The Bertz CT molecular complexity index is 911. The van der Waals surface area contributed by atoms with Crippen molar-refractivity contribution in [2.24, 2.45) is 5.73 Å². The van der Waals surface area contributed by atoms with E-state index in [4.69, 9.17) is 11.5 Å². The van der Waals surface area contributed by atoms with Gasteiger partial charge in [0.25, 0.3) is 5.91 Å². The largest absolute Gasteiger partial charge is 0.505 e. The Balaban J connectivity index is 2.49. The summed E-state index contributed by atoms with van der Waals surface area (Å²) in [5, 5.41) is 9.56. The molecule has 7 heteroatoms. The molecule has 0 bridgehead atoms. The van der Waals surface area contributed by atoms with E-state index in [0.717, 1.165) is 0 Å². The summed E-state index contributed by atoms with van der Waals surface area (Å²) in [5.41, 5.74) is 12.2. The number of fused-ring (bicyclic) bond motifs is 1. The highest BCUT2D eigenvalue weighted by Gasteiger charge is 2.20. The van der Waals surface area contributed by atoms with Crippen LogP contribution in [-0.2, 0) is 0 Å². The van der Waals surface area contributed by atoms with Gasteiger partial charge in [0.15, 0.2) is 11.6 Å². The fraction of sp³-hybridized carbons (Fsp3) is 0. The quantitative estimate of drug-likeness (QED) is 0.624. The maximum atomic E-state index is 14.3. The minimum absolute atomic E-state index is 0.00926. The van der Waals surface area contributed by atoms with Crippen LogP contribution < -0.4 is 11.5 Å². The van der Waals surface area contributed by atoms with E-state index in [0.29, 0.717) is 11.0 Å². The maximum Gasteiger partial charge on any atom is 0.250 e. The molecule has 0 aliphatic rings. The third kappa shape index (κ3) is 1.99. The molecule has 0 atom stereocenters. The van der Waals surface area contributed by atoms with Crippen LogP contribution in [0.15, 0.2) is 36.7 Å². The van der Waals surface area contributed by atoms with E-state index in [2.05, 4.69) is 9.97 Å². The van der Waals surface area contributed by atoms with Gasteiger partial charge in [-0.05, 0) is 12.1 Å². The van der Waals surface area contributed by atoms with Crippen LogP contribution >= 0.6 is 0 Å². The van der Waals surface area contributed by atoms with Crippen molar-refractivity contribution in [2.75, 3.05) is 5.73 Å². The van der Waals surface area contributed by atoms with Gasteiger partial charge in [-0.3, -0.25) is 14.8 Å². The molecule has 1 amide bonds. The van der Waals surface area contributed by atoms with Crippen molar-refractivity contribution in [1.29, 1.82) is 0 Å². The first-order valence-electron chi connectivity index (χ1n) is 6.31. The molecule has 3 rings (SSSR count). The molecule has 0 saturated carbocycles. The van der Waals surface area contributed by atoms with Gasteiger partial charge in [-0.15, -0.1) is 0 Å². The predicted octanol–water partition coefficient (Wildman–Crippen LogP) is 1.82. The third-order valence-electron chi connectivity index (χ3n) is 3.32. The van der Waals surface area contributed by atoms with Crippen LogP contribution in [0.4, 0.5) is 10.1 Å². The number of amides is 1. The Morgan fingerprint density at radius 3 is 2.68 bits per heavy atom. The van der Waals surface area contributed by atoms with E-state index in [1.165, 1.54) is 36.7 Å². The fourth-order valence-corrected chi connectivity index (χ4v) is 2.31. The Labute approximate surface area is 124 Å². The lowest BCUT2D eigenvalue weighted by atomic mass is 9.97. The van der Waals surface area contributed by atoms with E-state index in [1.807, 2.05) is 0 Å². The number of rotatable bonds is 2. The second kappa shape index (κ2) is 4.96. The number of phenolic OH excluding ortho intramolecular Hbond substituents is 1. The molecule has 22 heavy (non-hydrogen) atoms. The number of hydrogen-bond acceptors (Lipinski definition) is 5. The summed E-state index contributed by atoms with van der Waals surface area (Å²) in [7, 11) is 0. The van der Waals surface area contributed by atoms with Gasteiger partial charge >= 0.3 is 0 Å². The van der Waals surface area contributed by atoms with E-state index in [-0.39, 0.29) is 22.4 Å². The number of nitrogen functional groups attached to an aromatic ring is 1. The monoisotopic (exact) mass is 298 g/mol. The molecular formula is C15H11FN4O2. The van der Waals surface area contributed by atoms with Crippen LogP contribution in [-0.4, -0.2) is 21.0 Å². The predicted molar refractivity (Wildman–Crippen MR) is 79.5 cm³/mol. The zero-order chi connectivity index (χ0) is 15.9. The number of benzene rings is 2. The van der Waals surface area contributed by atoms with Gasteiger partial charge in [-0.1, -0.05) is 12.1 Å². The lowest BCUT2D eigenvalue weighted by molar-refractivity contribution is 0.100. The lowest BCUT2D eigenvalue weighted by Gasteiger charge is -2.13. The molecule has 0 aliphatic heterocycles. The second-order valence-corrected chi connectivity index (χ2v) is 4.64. The number of hydrogen-bond donors (Lipinski definition) is 3. The van der Waals surface area contributed by atoms with Crippen LogP contribution in [0, 0.1) is 5.82 Å². The molecule has 0 spiro atoms. The van der Waals surface area contributed by atoms with Crippen LogP contribution in [0.1, 0.15) is 10.4 Å². The topological polar surface area (TPSA) is 115 Å².